The number of aryl methyl sites for hydroxylation is 1. The summed E-state index contributed by atoms with van der Waals surface area (Å²) in [6.07, 6.45) is 1.72. The van der Waals surface area contributed by atoms with Crippen molar-refractivity contribution < 1.29 is 19.1 Å². The fourth-order valence-corrected chi connectivity index (χ4v) is 4.65. The standard InChI is InChI=1S/C23H24N2O4S/c1-15-5-2-3-6-16(15)13-30-14-21(26)24-17-8-9-19-20(11-17)23(28)25(22(19)27)12-18-7-4-10-29-18/h2-3,5-6,8-9,11,18H,4,7,10,12-14H2,1H3,(H,24,26). The molecule has 4 rings (SSSR count). The number of fused-ring (bicyclic) bond motifs is 1. The van der Waals surface area contributed by atoms with Crippen LogP contribution in [0.4, 0.5) is 5.69 Å². The number of anilines is 1. The van der Waals surface area contributed by atoms with E-state index in [-0.39, 0.29) is 30.4 Å². The zero-order valence-electron chi connectivity index (χ0n) is 16.8. The highest BCUT2D eigenvalue weighted by Gasteiger charge is 2.37. The van der Waals surface area contributed by atoms with Crippen molar-refractivity contribution in [2.24, 2.45) is 0 Å². The molecule has 2 aliphatic heterocycles. The number of hydrogen-bond donors (Lipinski definition) is 1. The van der Waals surface area contributed by atoms with Gasteiger partial charge in [0.2, 0.25) is 5.91 Å². The molecule has 2 aromatic carbocycles. The van der Waals surface area contributed by atoms with Crippen LogP contribution in [0.3, 0.4) is 0 Å². The second kappa shape index (κ2) is 9.02. The Bertz CT molecular complexity index is 985. The van der Waals surface area contributed by atoms with Crippen molar-refractivity contribution in [2.75, 3.05) is 24.2 Å². The predicted molar refractivity (Wildman–Crippen MR) is 117 cm³/mol. The van der Waals surface area contributed by atoms with Gasteiger partial charge < -0.3 is 10.1 Å². The van der Waals surface area contributed by atoms with Crippen molar-refractivity contribution in [3.05, 3.63) is 64.7 Å². The molecule has 0 radical (unpaired) electrons. The van der Waals surface area contributed by atoms with Crippen LogP contribution in [-0.2, 0) is 15.3 Å². The Morgan fingerprint density at radius 1 is 1.17 bits per heavy atom. The first-order valence-electron chi connectivity index (χ1n) is 10.1. The number of nitrogens with one attached hydrogen (secondary N) is 1. The van der Waals surface area contributed by atoms with Crippen molar-refractivity contribution >= 4 is 35.2 Å². The molecule has 1 atom stereocenters. The molecule has 156 valence electrons. The van der Waals surface area contributed by atoms with Gasteiger partial charge in [0.15, 0.2) is 0 Å². The molecule has 2 heterocycles. The highest BCUT2D eigenvalue weighted by molar-refractivity contribution is 7.99. The summed E-state index contributed by atoms with van der Waals surface area (Å²) in [6.45, 7) is 3.01. The highest BCUT2D eigenvalue weighted by Crippen LogP contribution is 2.27. The average molecular weight is 425 g/mol. The molecular formula is C23H24N2O4S. The molecule has 3 amide bonds. The summed E-state index contributed by atoms with van der Waals surface area (Å²) in [7, 11) is 0. The molecule has 0 bridgehead atoms. The van der Waals surface area contributed by atoms with Crippen molar-refractivity contribution in [3.63, 3.8) is 0 Å². The second-order valence-corrected chi connectivity index (χ2v) is 8.57. The first-order valence-corrected chi connectivity index (χ1v) is 11.2. The van der Waals surface area contributed by atoms with Gasteiger partial charge in [0.1, 0.15) is 0 Å². The fraction of sp³-hybridized carbons (Fsp3) is 0.348. The van der Waals surface area contributed by atoms with E-state index >= 15 is 0 Å². The van der Waals surface area contributed by atoms with Crippen molar-refractivity contribution in [2.45, 2.75) is 31.6 Å². The minimum absolute atomic E-state index is 0.0864. The summed E-state index contributed by atoms with van der Waals surface area (Å²) in [6, 6.07) is 13.0. The summed E-state index contributed by atoms with van der Waals surface area (Å²) in [5.41, 5.74) is 3.66. The van der Waals surface area contributed by atoms with Gasteiger partial charge in [-0.3, -0.25) is 19.3 Å². The smallest absolute Gasteiger partial charge is 0.261 e. The van der Waals surface area contributed by atoms with Gasteiger partial charge in [0.25, 0.3) is 11.8 Å². The van der Waals surface area contributed by atoms with Crippen LogP contribution in [0.5, 0.6) is 0 Å². The fourth-order valence-electron chi connectivity index (χ4n) is 3.75. The Kier molecular flexibility index (Phi) is 6.20. The normalized spacial score (nSPS) is 18.0. The van der Waals surface area contributed by atoms with Crippen molar-refractivity contribution in [1.29, 1.82) is 0 Å². The third-order valence-corrected chi connectivity index (χ3v) is 6.40. The molecule has 1 fully saturated rings. The predicted octanol–water partition coefficient (Wildman–Crippen LogP) is 3.64. The van der Waals surface area contributed by atoms with Gasteiger partial charge in [0, 0.05) is 18.0 Å². The SMILES string of the molecule is Cc1ccccc1CSCC(=O)Nc1ccc2c(c1)C(=O)N(CC1CCCO1)C2=O. The molecule has 0 aliphatic carbocycles. The number of benzene rings is 2. The van der Waals surface area contributed by atoms with E-state index in [0.717, 1.165) is 18.6 Å². The van der Waals surface area contributed by atoms with Crippen LogP contribution in [0.2, 0.25) is 0 Å². The Morgan fingerprint density at radius 3 is 2.73 bits per heavy atom. The number of imide groups is 1. The number of ether oxygens (including phenoxy) is 1. The van der Waals surface area contributed by atoms with Crippen LogP contribution in [0.25, 0.3) is 0 Å². The summed E-state index contributed by atoms with van der Waals surface area (Å²) in [5, 5.41) is 2.83. The number of amides is 3. The van der Waals surface area contributed by atoms with E-state index in [1.165, 1.54) is 27.8 Å². The Morgan fingerprint density at radius 2 is 1.97 bits per heavy atom. The molecular weight excluding hydrogens is 400 g/mol. The van der Waals surface area contributed by atoms with E-state index in [1.807, 2.05) is 12.1 Å². The maximum Gasteiger partial charge on any atom is 0.261 e. The van der Waals surface area contributed by atoms with Gasteiger partial charge in [-0.1, -0.05) is 24.3 Å². The molecule has 2 aliphatic rings. The molecule has 6 nitrogen and oxygen atoms in total. The Balaban J connectivity index is 1.35. The van der Waals surface area contributed by atoms with Crippen molar-refractivity contribution in [1.82, 2.24) is 4.90 Å². The molecule has 2 aromatic rings. The van der Waals surface area contributed by atoms with E-state index < -0.39 is 0 Å². The van der Waals surface area contributed by atoms with E-state index in [2.05, 4.69) is 24.4 Å². The number of thioether (sulfide) groups is 1. The van der Waals surface area contributed by atoms with Crippen LogP contribution in [0.1, 0.15) is 44.7 Å². The minimum Gasteiger partial charge on any atom is -0.376 e. The van der Waals surface area contributed by atoms with Gasteiger partial charge in [0.05, 0.1) is 29.5 Å². The molecule has 30 heavy (non-hydrogen) atoms. The lowest BCUT2D eigenvalue weighted by atomic mass is 10.1. The first-order chi connectivity index (χ1) is 14.5. The van der Waals surface area contributed by atoms with Crippen LogP contribution >= 0.6 is 11.8 Å². The van der Waals surface area contributed by atoms with Gasteiger partial charge in [-0.2, -0.15) is 0 Å². The largest absolute Gasteiger partial charge is 0.376 e. The number of carbonyl (C=O) groups excluding carboxylic acids is 3. The molecule has 0 aromatic heterocycles. The summed E-state index contributed by atoms with van der Waals surface area (Å²) < 4.78 is 5.56. The van der Waals surface area contributed by atoms with Crippen LogP contribution in [0.15, 0.2) is 42.5 Å². The maximum absolute atomic E-state index is 12.7. The Labute approximate surface area is 180 Å². The zero-order valence-corrected chi connectivity index (χ0v) is 17.7. The molecule has 1 unspecified atom stereocenters. The van der Waals surface area contributed by atoms with Crippen LogP contribution < -0.4 is 5.32 Å². The zero-order chi connectivity index (χ0) is 21.1. The Hall–Kier alpha value is -2.64. The van der Waals surface area contributed by atoms with Crippen LogP contribution in [0, 0.1) is 6.92 Å². The summed E-state index contributed by atoms with van der Waals surface area (Å²) >= 11 is 1.54. The van der Waals surface area contributed by atoms with Crippen molar-refractivity contribution in [3.8, 4) is 0 Å². The van der Waals surface area contributed by atoms with E-state index in [9.17, 15) is 14.4 Å². The van der Waals surface area contributed by atoms with E-state index in [1.54, 1.807) is 18.2 Å². The van der Waals surface area contributed by atoms with Gasteiger partial charge in [-0.05, 0) is 49.1 Å². The quantitative estimate of drug-likeness (QED) is 0.687. The molecule has 0 saturated carbocycles. The molecule has 0 spiro atoms. The first kappa shape index (κ1) is 20.6. The van der Waals surface area contributed by atoms with E-state index in [4.69, 9.17) is 4.74 Å². The van der Waals surface area contributed by atoms with E-state index in [0.29, 0.717) is 29.2 Å². The topological polar surface area (TPSA) is 75.7 Å². The number of hydrogen-bond acceptors (Lipinski definition) is 5. The summed E-state index contributed by atoms with van der Waals surface area (Å²) in [4.78, 5) is 38.9. The van der Waals surface area contributed by atoms with Crippen LogP contribution in [-0.4, -0.2) is 47.6 Å². The lowest BCUT2D eigenvalue weighted by Crippen LogP contribution is -2.36. The monoisotopic (exact) mass is 424 g/mol. The van der Waals surface area contributed by atoms with Gasteiger partial charge in [-0.15, -0.1) is 11.8 Å². The average Bonchev–Trinajstić information content (AvgIpc) is 3.33. The third kappa shape index (κ3) is 4.42. The lowest BCUT2D eigenvalue weighted by molar-refractivity contribution is -0.113. The second-order valence-electron chi connectivity index (χ2n) is 7.58. The van der Waals surface area contributed by atoms with Gasteiger partial charge in [-0.25, -0.2) is 0 Å². The lowest BCUT2D eigenvalue weighted by Gasteiger charge is -2.17. The highest BCUT2D eigenvalue weighted by atomic mass is 32.2. The third-order valence-electron chi connectivity index (χ3n) is 5.42. The van der Waals surface area contributed by atoms with Gasteiger partial charge >= 0.3 is 0 Å². The minimum atomic E-state index is -0.324. The molecule has 7 heteroatoms. The maximum atomic E-state index is 12.7. The number of rotatable bonds is 7. The number of nitrogens with zero attached hydrogens (tertiary/aromatic N) is 1. The molecule has 1 saturated heterocycles. The number of carbonyl (C=O) groups is 3. The molecule has 1 N–H and O–H groups in total. The summed E-state index contributed by atoms with van der Waals surface area (Å²) in [5.74, 6) is 0.313.